The number of hydrogen-bond acceptors (Lipinski definition) is 8. The number of aromatic amines is 1. The molecule has 0 spiro atoms. The van der Waals surface area contributed by atoms with Gasteiger partial charge < -0.3 is 10.5 Å². The number of anilines is 1. The van der Waals surface area contributed by atoms with E-state index in [2.05, 4.69) is 26.1 Å². The minimum absolute atomic E-state index is 0.0801. The normalized spacial score (nSPS) is 14.7. The Morgan fingerprint density at radius 1 is 1.30 bits per heavy atom. The third kappa shape index (κ3) is 3.09. The Bertz CT molecular complexity index is 1580. The fourth-order valence-corrected chi connectivity index (χ4v) is 4.03. The number of aryl methyl sites for hydroxylation is 2. The minimum Gasteiger partial charge on any atom is -0.467 e. The molecule has 1 aromatic carbocycles. The Kier molecular flexibility index (Phi) is 4.42. The fourth-order valence-electron chi connectivity index (χ4n) is 4.03. The van der Waals surface area contributed by atoms with E-state index in [1.54, 1.807) is 20.0 Å². The monoisotopic (exact) mass is 445 g/mol. The third-order valence-corrected chi connectivity index (χ3v) is 5.57. The molecule has 0 amide bonds. The molecule has 1 aliphatic rings. The van der Waals surface area contributed by atoms with Crippen LogP contribution in [0.4, 0.5) is 5.82 Å². The molecule has 0 aliphatic carbocycles. The van der Waals surface area contributed by atoms with Gasteiger partial charge in [0.25, 0.3) is 5.88 Å². The van der Waals surface area contributed by atoms with Gasteiger partial charge in [-0.1, -0.05) is 17.7 Å². The van der Waals surface area contributed by atoms with Crippen LogP contribution in [-0.2, 0) is 13.6 Å². The average molecular weight is 445 g/mol. The summed E-state index contributed by atoms with van der Waals surface area (Å²) in [5.41, 5.74) is 8.12. The van der Waals surface area contributed by atoms with Crippen molar-refractivity contribution < 1.29 is 4.74 Å². The number of fused-ring (bicyclic) bond motifs is 7. The Morgan fingerprint density at radius 2 is 2.09 bits per heavy atom. The first kappa shape index (κ1) is 20.3. The highest BCUT2D eigenvalue weighted by Gasteiger charge is 2.26. The molecule has 0 radical (unpaired) electrons. The smallest absolute Gasteiger partial charge is 0.349 e. The molecule has 1 atom stereocenters. The zero-order valence-electron chi connectivity index (χ0n) is 18.0. The van der Waals surface area contributed by atoms with Gasteiger partial charge >= 0.3 is 11.4 Å². The molecule has 33 heavy (non-hydrogen) atoms. The van der Waals surface area contributed by atoms with Crippen molar-refractivity contribution in [3.63, 3.8) is 0 Å². The summed E-state index contributed by atoms with van der Waals surface area (Å²) in [4.78, 5) is 36.6. The summed E-state index contributed by atoms with van der Waals surface area (Å²) >= 11 is 0. The van der Waals surface area contributed by atoms with Crippen molar-refractivity contribution in [1.29, 1.82) is 5.26 Å². The van der Waals surface area contributed by atoms with E-state index in [0.29, 0.717) is 28.2 Å². The van der Waals surface area contributed by atoms with Gasteiger partial charge in [0.05, 0.1) is 35.4 Å². The average Bonchev–Trinajstić information content (AvgIpc) is 3.23. The van der Waals surface area contributed by atoms with Crippen molar-refractivity contribution in [1.82, 2.24) is 34.1 Å². The van der Waals surface area contributed by atoms with E-state index in [0.717, 1.165) is 5.56 Å². The van der Waals surface area contributed by atoms with Crippen molar-refractivity contribution in [3.05, 3.63) is 67.9 Å². The van der Waals surface area contributed by atoms with E-state index < -0.39 is 17.5 Å². The lowest BCUT2D eigenvalue weighted by molar-refractivity contribution is 0.217. The molecule has 1 aliphatic heterocycles. The molecule has 4 aromatic rings. The molecule has 166 valence electrons. The number of nitriles is 1. The van der Waals surface area contributed by atoms with Gasteiger partial charge in [0.2, 0.25) is 0 Å². The Morgan fingerprint density at radius 3 is 2.85 bits per heavy atom. The number of benzene rings is 1. The number of hydrogen-bond donors (Lipinski definition) is 2. The van der Waals surface area contributed by atoms with Crippen LogP contribution < -0.4 is 21.9 Å². The number of nitrogens with one attached hydrogen (secondary N) is 1. The van der Waals surface area contributed by atoms with Gasteiger partial charge in [-0.2, -0.15) is 15.0 Å². The summed E-state index contributed by atoms with van der Waals surface area (Å²) in [5, 5.41) is 14.2. The van der Waals surface area contributed by atoms with Gasteiger partial charge in [-0.05, 0) is 19.9 Å². The largest absolute Gasteiger partial charge is 0.467 e. The van der Waals surface area contributed by atoms with E-state index >= 15 is 0 Å². The van der Waals surface area contributed by atoms with E-state index in [-0.39, 0.29) is 23.9 Å². The Hall–Kier alpha value is -4.66. The van der Waals surface area contributed by atoms with Crippen molar-refractivity contribution in [2.75, 3.05) is 5.73 Å². The number of nitrogen functional groups attached to an aromatic ring is 1. The van der Waals surface area contributed by atoms with Crippen molar-refractivity contribution in [3.8, 4) is 28.9 Å². The quantitative estimate of drug-likeness (QED) is 0.401. The summed E-state index contributed by atoms with van der Waals surface area (Å²) in [5.74, 6) is 0.169. The zero-order chi connectivity index (χ0) is 23.4. The first-order valence-electron chi connectivity index (χ1n) is 10.1. The maximum Gasteiger partial charge on any atom is 0.349 e. The number of nitrogens with zero attached hydrogens (tertiary/aromatic N) is 7. The zero-order valence-corrected chi connectivity index (χ0v) is 18.0. The maximum atomic E-state index is 12.8. The second kappa shape index (κ2) is 7.20. The summed E-state index contributed by atoms with van der Waals surface area (Å²) in [6.45, 7) is 3.61. The summed E-state index contributed by atoms with van der Waals surface area (Å²) in [7, 11) is 1.61. The molecule has 0 saturated carbocycles. The van der Waals surface area contributed by atoms with Gasteiger partial charge in [0.15, 0.2) is 5.82 Å². The van der Waals surface area contributed by atoms with Crippen LogP contribution in [-0.4, -0.2) is 34.1 Å². The topological polar surface area (TPSA) is 162 Å². The summed E-state index contributed by atoms with van der Waals surface area (Å²) < 4.78 is 9.96. The van der Waals surface area contributed by atoms with Crippen molar-refractivity contribution >= 4 is 5.82 Å². The third-order valence-electron chi connectivity index (χ3n) is 5.57. The van der Waals surface area contributed by atoms with Crippen molar-refractivity contribution in [2.45, 2.75) is 26.5 Å². The maximum absolute atomic E-state index is 12.8. The Balaban J connectivity index is 1.90. The highest BCUT2D eigenvalue weighted by atomic mass is 16.5. The molecular weight excluding hydrogens is 426 g/mol. The lowest BCUT2D eigenvalue weighted by atomic mass is 10.0. The first-order chi connectivity index (χ1) is 15.8. The number of rotatable bonds is 0. The van der Waals surface area contributed by atoms with Crippen molar-refractivity contribution in [2.24, 2.45) is 7.05 Å². The van der Waals surface area contributed by atoms with E-state index in [4.69, 9.17) is 10.5 Å². The number of aromatic nitrogens is 7. The van der Waals surface area contributed by atoms with Crippen LogP contribution in [0.3, 0.4) is 0 Å². The molecule has 4 heterocycles. The molecule has 12 nitrogen and oxygen atoms in total. The van der Waals surface area contributed by atoms with Gasteiger partial charge in [-0.25, -0.2) is 24.2 Å². The second-order valence-corrected chi connectivity index (χ2v) is 7.78. The van der Waals surface area contributed by atoms with Gasteiger partial charge in [0, 0.05) is 12.6 Å². The number of ether oxygens (including phenoxy) is 1. The second-order valence-electron chi connectivity index (χ2n) is 7.78. The number of H-pyrrole nitrogens is 1. The molecule has 5 rings (SSSR count). The predicted octanol–water partition coefficient (Wildman–Crippen LogP) is 0.782. The predicted molar refractivity (Wildman–Crippen MR) is 117 cm³/mol. The van der Waals surface area contributed by atoms with Crippen LogP contribution in [0.2, 0.25) is 0 Å². The van der Waals surface area contributed by atoms with Gasteiger partial charge in [0.1, 0.15) is 17.9 Å². The minimum atomic E-state index is -0.614. The van der Waals surface area contributed by atoms with E-state index in [1.807, 2.05) is 19.1 Å². The van der Waals surface area contributed by atoms with Crippen LogP contribution in [0.15, 0.2) is 34.0 Å². The SMILES string of the molecule is Cc1ccc2c(c1)[C@@H](C)Oc1nc(cnc1N)-c1c(nn(C)c1C#N)Cn1c(=O)[nH]c(=O)n1-2. The highest BCUT2D eigenvalue weighted by molar-refractivity contribution is 5.69. The molecule has 3 N–H and O–H groups in total. The summed E-state index contributed by atoms with van der Waals surface area (Å²) in [6.07, 6.45) is 0.825. The van der Waals surface area contributed by atoms with Crippen LogP contribution in [0.25, 0.3) is 16.9 Å². The standard InChI is InChI=1S/C21H19N9O3/c1-10-4-5-15-12(6-10)11(2)33-19-18(23)24-8-13(25-19)17-14(27-28(3)16(17)7-22)9-29-20(31)26-21(32)30(15)29/h4-6,8,11H,9H2,1-3H3,(H2,23,24)(H,26,31,32)/t11-/m1/s1. The van der Waals surface area contributed by atoms with Crippen LogP contribution >= 0.6 is 0 Å². The highest BCUT2D eigenvalue weighted by Crippen LogP contribution is 2.33. The van der Waals surface area contributed by atoms with Crippen LogP contribution in [0, 0.1) is 18.3 Å². The molecule has 12 heteroatoms. The van der Waals surface area contributed by atoms with E-state index in [1.165, 1.54) is 20.2 Å². The lowest BCUT2D eigenvalue weighted by Gasteiger charge is -2.21. The first-order valence-corrected chi connectivity index (χ1v) is 10.1. The van der Waals surface area contributed by atoms with Crippen LogP contribution in [0.5, 0.6) is 5.88 Å². The fraction of sp³-hybridized carbons (Fsp3) is 0.238. The molecule has 0 fully saturated rings. The molecule has 0 unspecified atom stereocenters. The van der Waals surface area contributed by atoms with Crippen LogP contribution in [0.1, 0.15) is 35.5 Å². The Labute approximate surface area is 186 Å². The van der Waals surface area contributed by atoms with Gasteiger partial charge in [-0.15, -0.1) is 0 Å². The van der Waals surface area contributed by atoms with Gasteiger partial charge in [-0.3, -0.25) is 9.67 Å². The number of nitrogens with two attached hydrogens (primary N) is 1. The molecule has 3 aromatic heterocycles. The molecule has 0 saturated heterocycles. The molecule has 2 bridgehead atoms. The van der Waals surface area contributed by atoms with E-state index in [9.17, 15) is 14.9 Å². The molecular formula is C21H19N9O3. The summed E-state index contributed by atoms with van der Waals surface area (Å²) in [6, 6.07) is 7.56. The lowest BCUT2D eigenvalue weighted by Crippen LogP contribution is -2.28.